The van der Waals surface area contributed by atoms with Crippen molar-refractivity contribution in [2.24, 2.45) is 5.92 Å². The fourth-order valence-corrected chi connectivity index (χ4v) is 2.02. The molecule has 2 N–H and O–H groups in total. The summed E-state index contributed by atoms with van der Waals surface area (Å²) in [6.07, 6.45) is 0.840. The average Bonchev–Trinajstić information content (AvgIpc) is 2.42. The van der Waals surface area contributed by atoms with Gasteiger partial charge in [-0.15, -0.1) is 0 Å². The van der Waals surface area contributed by atoms with Gasteiger partial charge in [-0.2, -0.15) is 0 Å². The van der Waals surface area contributed by atoms with Gasteiger partial charge >= 0.3 is 0 Å². The van der Waals surface area contributed by atoms with Crippen molar-refractivity contribution in [2.75, 3.05) is 31.6 Å². The highest BCUT2D eigenvalue weighted by Crippen LogP contribution is 2.15. The molecule has 1 aromatic rings. The Labute approximate surface area is 128 Å². The van der Waals surface area contributed by atoms with Gasteiger partial charge in [-0.25, -0.2) is 0 Å². The zero-order valence-corrected chi connectivity index (χ0v) is 13.7. The first kappa shape index (κ1) is 17.5. The summed E-state index contributed by atoms with van der Waals surface area (Å²) in [6.45, 7) is 11.3. The van der Waals surface area contributed by atoms with Crippen molar-refractivity contribution in [1.82, 2.24) is 5.32 Å². The number of benzene rings is 1. The van der Waals surface area contributed by atoms with Gasteiger partial charge in [-0.1, -0.05) is 13.8 Å². The van der Waals surface area contributed by atoms with Crippen LogP contribution in [0, 0.1) is 12.8 Å². The molecule has 0 atom stereocenters. The highest BCUT2D eigenvalue weighted by Gasteiger charge is 2.08. The number of rotatable bonds is 9. The van der Waals surface area contributed by atoms with Gasteiger partial charge in [0.05, 0.1) is 0 Å². The number of anilines is 1. The Morgan fingerprint density at radius 2 is 2.10 bits per heavy atom. The Bertz CT molecular complexity index is 444. The average molecular weight is 292 g/mol. The van der Waals surface area contributed by atoms with E-state index in [4.69, 9.17) is 4.74 Å². The van der Waals surface area contributed by atoms with Crippen molar-refractivity contribution in [3.05, 3.63) is 29.3 Å². The van der Waals surface area contributed by atoms with Crippen LogP contribution in [0.1, 0.15) is 43.1 Å². The highest BCUT2D eigenvalue weighted by molar-refractivity contribution is 5.96. The van der Waals surface area contributed by atoms with Gasteiger partial charge in [0, 0.05) is 37.6 Å². The Morgan fingerprint density at radius 3 is 2.71 bits per heavy atom. The fourth-order valence-electron chi connectivity index (χ4n) is 2.02. The van der Waals surface area contributed by atoms with Crippen LogP contribution in [0.25, 0.3) is 0 Å². The van der Waals surface area contributed by atoms with E-state index in [2.05, 4.69) is 31.4 Å². The first-order chi connectivity index (χ1) is 10.0. The zero-order valence-electron chi connectivity index (χ0n) is 13.7. The van der Waals surface area contributed by atoms with Crippen LogP contribution in [0.4, 0.5) is 5.69 Å². The lowest BCUT2D eigenvalue weighted by molar-refractivity contribution is 0.0924. The first-order valence-corrected chi connectivity index (χ1v) is 7.75. The third kappa shape index (κ3) is 6.63. The molecule has 0 unspecified atom stereocenters. The molecular formula is C17H28N2O2. The van der Waals surface area contributed by atoms with Crippen LogP contribution in [0.2, 0.25) is 0 Å². The quantitative estimate of drug-likeness (QED) is 0.687. The molecule has 1 amide bonds. The number of ether oxygens (including phenoxy) is 1. The molecule has 118 valence electrons. The minimum atomic E-state index is -0.0144. The SMILES string of the molecule is CCNc1ccc(C(=O)NCCCOCC(C)C)c(C)c1. The second-order valence-corrected chi connectivity index (χ2v) is 5.64. The van der Waals surface area contributed by atoms with Crippen LogP contribution in [-0.4, -0.2) is 32.2 Å². The van der Waals surface area contributed by atoms with Crippen molar-refractivity contribution in [1.29, 1.82) is 0 Å². The first-order valence-electron chi connectivity index (χ1n) is 7.75. The second kappa shape index (κ2) is 9.40. The van der Waals surface area contributed by atoms with Crippen LogP contribution in [0.15, 0.2) is 18.2 Å². The van der Waals surface area contributed by atoms with E-state index in [0.717, 1.165) is 36.4 Å². The monoisotopic (exact) mass is 292 g/mol. The number of aryl methyl sites for hydroxylation is 1. The van der Waals surface area contributed by atoms with E-state index in [0.29, 0.717) is 19.1 Å². The second-order valence-electron chi connectivity index (χ2n) is 5.64. The van der Waals surface area contributed by atoms with Crippen LogP contribution in [-0.2, 0) is 4.74 Å². The number of carbonyl (C=O) groups is 1. The van der Waals surface area contributed by atoms with Crippen LogP contribution in [0.3, 0.4) is 0 Å². The van der Waals surface area contributed by atoms with E-state index in [1.807, 2.05) is 25.1 Å². The van der Waals surface area contributed by atoms with Crippen molar-refractivity contribution in [3.63, 3.8) is 0 Å². The number of nitrogens with one attached hydrogen (secondary N) is 2. The molecule has 0 saturated carbocycles. The number of carbonyl (C=O) groups excluding carboxylic acids is 1. The van der Waals surface area contributed by atoms with Crippen molar-refractivity contribution >= 4 is 11.6 Å². The minimum Gasteiger partial charge on any atom is -0.385 e. The van der Waals surface area contributed by atoms with E-state index in [1.165, 1.54) is 0 Å². The topological polar surface area (TPSA) is 50.4 Å². The summed E-state index contributed by atoms with van der Waals surface area (Å²) in [5.74, 6) is 0.539. The molecule has 0 radical (unpaired) electrons. The lowest BCUT2D eigenvalue weighted by Crippen LogP contribution is -2.26. The van der Waals surface area contributed by atoms with Gasteiger partial charge in [-0.05, 0) is 49.9 Å². The summed E-state index contributed by atoms with van der Waals surface area (Å²) in [4.78, 5) is 12.1. The van der Waals surface area contributed by atoms with Crippen LogP contribution in [0.5, 0.6) is 0 Å². The standard InChI is InChI=1S/C17H28N2O2/c1-5-18-15-7-8-16(14(4)11-15)17(20)19-9-6-10-21-12-13(2)3/h7-8,11,13,18H,5-6,9-10,12H2,1-4H3,(H,19,20). The molecule has 0 fully saturated rings. The smallest absolute Gasteiger partial charge is 0.251 e. The Morgan fingerprint density at radius 1 is 1.33 bits per heavy atom. The molecule has 1 aromatic carbocycles. The van der Waals surface area contributed by atoms with E-state index in [9.17, 15) is 4.79 Å². The summed E-state index contributed by atoms with van der Waals surface area (Å²) < 4.78 is 5.49. The molecule has 4 nitrogen and oxygen atoms in total. The molecule has 0 aliphatic heterocycles. The maximum absolute atomic E-state index is 12.1. The molecule has 0 bridgehead atoms. The fraction of sp³-hybridized carbons (Fsp3) is 0.588. The van der Waals surface area contributed by atoms with Crippen molar-refractivity contribution in [3.8, 4) is 0 Å². The highest BCUT2D eigenvalue weighted by atomic mass is 16.5. The summed E-state index contributed by atoms with van der Waals surface area (Å²) in [5.41, 5.74) is 2.77. The minimum absolute atomic E-state index is 0.0144. The van der Waals surface area contributed by atoms with E-state index < -0.39 is 0 Å². The van der Waals surface area contributed by atoms with Gasteiger partial charge in [0.25, 0.3) is 5.91 Å². The summed E-state index contributed by atoms with van der Waals surface area (Å²) >= 11 is 0. The van der Waals surface area contributed by atoms with Crippen molar-refractivity contribution < 1.29 is 9.53 Å². The predicted molar refractivity (Wildman–Crippen MR) is 87.9 cm³/mol. The maximum Gasteiger partial charge on any atom is 0.251 e. The van der Waals surface area contributed by atoms with Gasteiger partial charge < -0.3 is 15.4 Å². The molecule has 1 rings (SSSR count). The largest absolute Gasteiger partial charge is 0.385 e. The zero-order chi connectivity index (χ0) is 15.7. The Hall–Kier alpha value is -1.55. The predicted octanol–water partition coefficient (Wildman–Crippen LogP) is 3.22. The third-order valence-electron chi connectivity index (χ3n) is 3.05. The molecule has 0 aromatic heterocycles. The van der Waals surface area contributed by atoms with Crippen LogP contribution >= 0.6 is 0 Å². The Balaban J connectivity index is 2.35. The van der Waals surface area contributed by atoms with Gasteiger partial charge in [0.15, 0.2) is 0 Å². The summed E-state index contributed by atoms with van der Waals surface area (Å²) in [7, 11) is 0. The third-order valence-corrected chi connectivity index (χ3v) is 3.05. The lowest BCUT2D eigenvalue weighted by Gasteiger charge is -2.11. The van der Waals surface area contributed by atoms with E-state index in [-0.39, 0.29) is 5.91 Å². The molecule has 0 saturated heterocycles. The van der Waals surface area contributed by atoms with Crippen LogP contribution < -0.4 is 10.6 Å². The number of hydrogen-bond donors (Lipinski definition) is 2. The number of hydrogen-bond acceptors (Lipinski definition) is 3. The maximum atomic E-state index is 12.1. The van der Waals surface area contributed by atoms with Gasteiger partial charge in [0.1, 0.15) is 0 Å². The lowest BCUT2D eigenvalue weighted by atomic mass is 10.1. The van der Waals surface area contributed by atoms with Crippen molar-refractivity contribution in [2.45, 2.75) is 34.1 Å². The molecule has 0 heterocycles. The van der Waals surface area contributed by atoms with Gasteiger partial charge in [0.2, 0.25) is 0 Å². The van der Waals surface area contributed by atoms with Gasteiger partial charge in [-0.3, -0.25) is 4.79 Å². The molecule has 21 heavy (non-hydrogen) atoms. The number of amides is 1. The van der Waals surface area contributed by atoms with E-state index >= 15 is 0 Å². The van der Waals surface area contributed by atoms with E-state index in [1.54, 1.807) is 0 Å². The molecule has 4 heteroatoms. The molecular weight excluding hydrogens is 264 g/mol. The summed E-state index contributed by atoms with van der Waals surface area (Å²) in [5, 5.41) is 6.18. The summed E-state index contributed by atoms with van der Waals surface area (Å²) in [6, 6.07) is 5.82. The normalized spacial score (nSPS) is 10.7. The Kier molecular flexibility index (Phi) is 7.83. The molecule has 0 aliphatic carbocycles. The molecule has 0 aliphatic rings. The molecule has 0 spiro atoms.